The van der Waals surface area contributed by atoms with Crippen LogP contribution in [0.15, 0.2) is 41.6 Å². The van der Waals surface area contributed by atoms with Crippen LogP contribution in [0.2, 0.25) is 0 Å². The van der Waals surface area contributed by atoms with Gasteiger partial charge in [0.1, 0.15) is 24.1 Å². The molecule has 0 aliphatic heterocycles. The molecule has 3 heterocycles. The molecule has 0 unspecified atom stereocenters. The Morgan fingerprint density at radius 2 is 1.91 bits per heavy atom. The molecule has 1 aromatic carbocycles. The first-order valence-electron chi connectivity index (χ1n) is 10.2. The Kier molecular flexibility index (Phi) is 5.67. The molecule has 0 aliphatic rings. The van der Waals surface area contributed by atoms with Crippen LogP contribution >= 0.6 is 0 Å². The van der Waals surface area contributed by atoms with Crippen molar-refractivity contribution in [2.45, 2.75) is 27.3 Å². The molecule has 0 fully saturated rings. The van der Waals surface area contributed by atoms with E-state index < -0.39 is 23.9 Å². The molecule has 0 radical (unpaired) electrons. The predicted octanol–water partition coefficient (Wildman–Crippen LogP) is 2.41. The summed E-state index contributed by atoms with van der Waals surface area (Å²) in [6, 6.07) is 6.53. The van der Waals surface area contributed by atoms with Gasteiger partial charge in [-0.05, 0) is 44.5 Å². The number of ether oxygens (including phenoxy) is 1. The van der Waals surface area contributed by atoms with Crippen LogP contribution in [0.25, 0.3) is 16.7 Å². The predicted molar refractivity (Wildman–Crippen MR) is 118 cm³/mol. The Bertz CT molecular complexity index is 1460. The van der Waals surface area contributed by atoms with Gasteiger partial charge in [0.15, 0.2) is 12.3 Å². The zero-order chi connectivity index (χ0) is 23.9. The smallest absolute Gasteiger partial charge is 0.326 e. The lowest BCUT2D eigenvalue weighted by molar-refractivity contribution is -0.143. The summed E-state index contributed by atoms with van der Waals surface area (Å²) in [5.74, 6) is -1.48. The van der Waals surface area contributed by atoms with Gasteiger partial charge in [0.25, 0.3) is 5.56 Å². The van der Waals surface area contributed by atoms with E-state index in [-0.39, 0.29) is 17.7 Å². The van der Waals surface area contributed by atoms with E-state index in [9.17, 15) is 18.8 Å². The van der Waals surface area contributed by atoms with Crippen molar-refractivity contribution in [2.75, 3.05) is 6.61 Å². The first kappa shape index (κ1) is 22.1. The van der Waals surface area contributed by atoms with Crippen LogP contribution in [-0.4, -0.2) is 42.3 Å². The maximum Gasteiger partial charge on any atom is 0.326 e. The largest absolute Gasteiger partial charge is 0.456 e. The Labute approximate surface area is 188 Å². The van der Waals surface area contributed by atoms with Gasteiger partial charge >= 0.3 is 5.97 Å². The number of carbonyl (C=O) groups excluding carboxylic acids is 2. The van der Waals surface area contributed by atoms with Gasteiger partial charge in [0.05, 0.1) is 6.20 Å². The van der Waals surface area contributed by atoms with E-state index in [1.807, 2.05) is 6.92 Å². The zero-order valence-corrected chi connectivity index (χ0v) is 18.6. The van der Waals surface area contributed by atoms with Crippen LogP contribution in [0.4, 0.5) is 4.39 Å². The molecule has 0 saturated carbocycles. The van der Waals surface area contributed by atoms with Crippen molar-refractivity contribution in [3.05, 3.63) is 75.5 Å². The summed E-state index contributed by atoms with van der Waals surface area (Å²) in [6.07, 6.45) is 2.62. The average molecular weight is 451 g/mol. The lowest BCUT2D eigenvalue weighted by Crippen LogP contribution is -2.26. The van der Waals surface area contributed by atoms with E-state index in [2.05, 4.69) is 10.1 Å². The fraction of sp³-hybridized carbons (Fsp3) is 0.261. The second-order valence-electron chi connectivity index (χ2n) is 7.82. The number of rotatable bonds is 6. The molecular weight excluding hydrogens is 429 g/mol. The van der Waals surface area contributed by atoms with Crippen molar-refractivity contribution in [3.63, 3.8) is 0 Å². The van der Waals surface area contributed by atoms with Gasteiger partial charge in [-0.3, -0.25) is 23.6 Å². The van der Waals surface area contributed by atoms with Crippen molar-refractivity contribution in [2.24, 2.45) is 7.05 Å². The number of halogens is 1. The van der Waals surface area contributed by atoms with Crippen LogP contribution in [0, 0.1) is 26.6 Å². The van der Waals surface area contributed by atoms with Gasteiger partial charge in [0.2, 0.25) is 5.78 Å². The molecule has 4 rings (SSSR count). The summed E-state index contributed by atoms with van der Waals surface area (Å²) in [7, 11) is 1.66. The van der Waals surface area contributed by atoms with Gasteiger partial charge in [0, 0.05) is 29.7 Å². The number of benzene rings is 1. The standard InChI is InChI=1S/C23H22FN5O4/c1-13-5-6-16(8-19(13)24)29-14(2)7-17(15(29)3)20(30)11-33-21(31)10-28-12-25-22-18(23(28)32)9-26-27(22)4/h5-9,12H,10-11H2,1-4H3. The number of aromatic nitrogens is 5. The van der Waals surface area contributed by atoms with Crippen molar-refractivity contribution in [3.8, 4) is 5.69 Å². The van der Waals surface area contributed by atoms with E-state index in [0.717, 1.165) is 10.3 Å². The van der Waals surface area contributed by atoms with Crippen molar-refractivity contribution >= 4 is 22.8 Å². The molecule has 10 heteroatoms. The average Bonchev–Trinajstić information content (AvgIpc) is 3.30. The maximum absolute atomic E-state index is 14.0. The second-order valence-corrected chi connectivity index (χ2v) is 7.82. The van der Waals surface area contributed by atoms with E-state index in [1.54, 1.807) is 43.7 Å². The van der Waals surface area contributed by atoms with Crippen LogP contribution in [0.5, 0.6) is 0 Å². The fourth-order valence-corrected chi connectivity index (χ4v) is 3.75. The quantitative estimate of drug-likeness (QED) is 0.330. The Hall–Kier alpha value is -4.08. The summed E-state index contributed by atoms with van der Waals surface area (Å²) >= 11 is 0. The van der Waals surface area contributed by atoms with Gasteiger partial charge in [-0.1, -0.05) is 6.07 Å². The first-order chi connectivity index (χ1) is 15.7. The normalized spacial score (nSPS) is 11.2. The molecule has 0 N–H and O–H groups in total. The van der Waals surface area contributed by atoms with Gasteiger partial charge < -0.3 is 9.30 Å². The third-order valence-corrected chi connectivity index (χ3v) is 5.53. The third kappa shape index (κ3) is 4.07. The van der Waals surface area contributed by atoms with Crippen LogP contribution < -0.4 is 5.56 Å². The molecule has 9 nitrogen and oxygen atoms in total. The van der Waals surface area contributed by atoms with Gasteiger partial charge in [-0.15, -0.1) is 0 Å². The summed E-state index contributed by atoms with van der Waals surface area (Å²) in [5.41, 5.74) is 2.83. The molecule has 0 aliphatic carbocycles. The first-order valence-corrected chi connectivity index (χ1v) is 10.2. The van der Waals surface area contributed by atoms with E-state index in [1.165, 1.54) is 23.3 Å². The van der Waals surface area contributed by atoms with Gasteiger partial charge in [-0.2, -0.15) is 5.10 Å². The molecule has 3 aromatic heterocycles. The molecule has 0 spiro atoms. The third-order valence-electron chi connectivity index (χ3n) is 5.53. The molecule has 33 heavy (non-hydrogen) atoms. The minimum Gasteiger partial charge on any atom is -0.456 e. The maximum atomic E-state index is 14.0. The molecular formula is C23H22FN5O4. The number of hydrogen-bond donors (Lipinski definition) is 0. The minimum atomic E-state index is -0.745. The highest BCUT2D eigenvalue weighted by Gasteiger charge is 2.19. The highest BCUT2D eigenvalue weighted by atomic mass is 19.1. The lowest BCUT2D eigenvalue weighted by atomic mass is 10.1. The number of fused-ring (bicyclic) bond motifs is 1. The fourth-order valence-electron chi connectivity index (χ4n) is 3.75. The highest BCUT2D eigenvalue weighted by molar-refractivity contribution is 5.99. The van der Waals surface area contributed by atoms with Gasteiger partial charge in [-0.25, -0.2) is 9.37 Å². The van der Waals surface area contributed by atoms with Crippen molar-refractivity contribution < 1.29 is 18.7 Å². The lowest BCUT2D eigenvalue weighted by Gasteiger charge is -2.11. The monoisotopic (exact) mass is 451 g/mol. The molecule has 0 saturated heterocycles. The Morgan fingerprint density at radius 1 is 1.15 bits per heavy atom. The minimum absolute atomic E-state index is 0.281. The number of esters is 1. The van der Waals surface area contributed by atoms with Crippen LogP contribution in [0.1, 0.15) is 27.3 Å². The number of carbonyl (C=O) groups is 2. The number of hydrogen-bond acceptors (Lipinski definition) is 6. The summed E-state index contributed by atoms with van der Waals surface area (Å²) in [6.45, 7) is 4.36. The Morgan fingerprint density at radius 3 is 2.64 bits per heavy atom. The summed E-state index contributed by atoms with van der Waals surface area (Å²) < 4.78 is 23.5. The van der Waals surface area contributed by atoms with Crippen molar-refractivity contribution in [1.82, 2.24) is 23.9 Å². The molecule has 0 amide bonds. The SMILES string of the molecule is Cc1ccc(-n2c(C)cc(C(=O)COC(=O)Cn3cnc4c(cnn4C)c3=O)c2C)cc1F. The summed E-state index contributed by atoms with van der Waals surface area (Å²) in [5, 5.41) is 4.26. The Balaban J connectivity index is 1.47. The zero-order valence-electron chi connectivity index (χ0n) is 18.6. The van der Waals surface area contributed by atoms with Crippen LogP contribution in [-0.2, 0) is 23.1 Å². The van der Waals surface area contributed by atoms with Crippen LogP contribution in [0.3, 0.4) is 0 Å². The molecule has 170 valence electrons. The number of aryl methyl sites for hydroxylation is 3. The molecule has 0 bridgehead atoms. The summed E-state index contributed by atoms with van der Waals surface area (Å²) in [4.78, 5) is 41.6. The molecule has 0 atom stereocenters. The highest BCUT2D eigenvalue weighted by Crippen LogP contribution is 2.23. The second kappa shape index (κ2) is 8.45. The number of nitrogens with zero attached hydrogens (tertiary/aromatic N) is 5. The van der Waals surface area contributed by atoms with E-state index >= 15 is 0 Å². The van der Waals surface area contributed by atoms with E-state index in [0.29, 0.717) is 28.2 Å². The van der Waals surface area contributed by atoms with Crippen molar-refractivity contribution in [1.29, 1.82) is 0 Å². The molecule has 4 aromatic rings. The topological polar surface area (TPSA) is 101 Å². The number of Topliss-reactive ketones (excluding diaryl/α,β-unsaturated/α-hetero) is 1. The number of ketones is 1. The van der Waals surface area contributed by atoms with E-state index in [4.69, 9.17) is 4.74 Å².